The van der Waals surface area contributed by atoms with E-state index in [4.69, 9.17) is 5.26 Å². The van der Waals surface area contributed by atoms with Crippen LogP contribution in [0.15, 0.2) is 60.5 Å². The molecule has 5 saturated heterocycles. The van der Waals surface area contributed by atoms with E-state index in [1.165, 1.54) is 12.2 Å². The van der Waals surface area contributed by atoms with Crippen molar-refractivity contribution in [2.24, 2.45) is 11.8 Å². The molecule has 4 amide bonds. The molecule has 0 aliphatic carbocycles. The fourth-order valence-electron chi connectivity index (χ4n) is 10.6. The van der Waals surface area contributed by atoms with Gasteiger partial charge in [0, 0.05) is 121 Å². The lowest BCUT2D eigenvalue weighted by Crippen LogP contribution is -2.52. The largest absolute Gasteiger partial charge is 0.392 e. The van der Waals surface area contributed by atoms with Gasteiger partial charge in [-0.2, -0.15) is 18.4 Å². The molecule has 8 rings (SSSR count). The molecular formula is C49H62F4N10O4. The Morgan fingerprint density at radius 2 is 1.52 bits per heavy atom. The molecule has 5 fully saturated rings. The number of nitrogens with one attached hydrogen (secondary N) is 2. The number of nitrogens with zero attached hydrogens (tertiary/aromatic N) is 8. The highest BCUT2D eigenvalue weighted by molar-refractivity contribution is 6.05. The van der Waals surface area contributed by atoms with E-state index < -0.39 is 30.2 Å². The number of benzene rings is 1. The number of amides is 4. The van der Waals surface area contributed by atoms with Gasteiger partial charge in [0.25, 0.3) is 11.8 Å². The number of alkyl halides is 4. The topological polar surface area (TPSA) is 148 Å². The number of hydrogen-bond acceptors (Lipinski definition) is 11. The molecule has 2 atom stereocenters. The second kappa shape index (κ2) is 21.2. The fourth-order valence-corrected chi connectivity index (χ4v) is 10.6. The van der Waals surface area contributed by atoms with E-state index in [1.54, 1.807) is 22.1 Å². The summed E-state index contributed by atoms with van der Waals surface area (Å²) < 4.78 is 54.7. The summed E-state index contributed by atoms with van der Waals surface area (Å²) in [6.07, 6.45) is 5.88. The summed E-state index contributed by atoms with van der Waals surface area (Å²) in [5.41, 5.74) is 1.71. The van der Waals surface area contributed by atoms with Crippen LogP contribution in [-0.4, -0.2) is 145 Å². The SMILES string of the molecule is N#CC/C=C\C(=C/CC(F)(F)F)N1CCC(F)(C(=O)Nc2ccc(N3CCCC(CN4CCN(CC5CCN(c6ccc7c(c6)CN(C6CCC(=O)NC6=O)C7=O)CC5)CC4)CC3)cn2)CC1. The van der Waals surface area contributed by atoms with Gasteiger partial charge in [-0.3, -0.25) is 24.5 Å². The van der Waals surface area contributed by atoms with Crippen LogP contribution in [0.3, 0.4) is 0 Å². The van der Waals surface area contributed by atoms with Crippen LogP contribution in [0.25, 0.3) is 0 Å². The van der Waals surface area contributed by atoms with Gasteiger partial charge in [-0.1, -0.05) is 12.2 Å². The second-order valence-electron chi connectivity index (χ2n) is 19.1. The Hall–Kier alpha value is -5.54. The minimum atomic E-state index is -4.40. The van der Waals surface area contributed by atoms with Crippen molar-refractivity contribution in [1.29, 1.82) is 5.26 Å². The monoisotopic (exact) mass is 930 g/mol. The van der Waals surface area contributed by atoms with Crippen LogP contribution in [0, 0.1) is 23.2 Å². The Labute approximate surface area is 390 Å². The number of halogens is 4. The third-order valence-corrected chi connectivity index (χ3v) is 14.6. The van der Waals surface area contributed by atoms with Gasteiger partial charge >= 0.3 is 6.18 Å². The predicted molar refractivity (Wildman–Crippen MR) is 245 cm³/mol. The molecule has 1 aromatic heterocycles. The fraction of sp³-hybridized carbons (Fsp3) is 0.592. The zero-order chi connectivity index (χ0) is 47.1. The number of piperazine rings is 1. The number of carbonyl (C=O) groups is 4. The molecule has 2 unspecified atom stereocenters. The first-order chi connectivity index (χ1) is 32.2. The molecule has 6 aliphatic rings. The van der Waals surface area contributed by atoms with Crippen LogP contribution in [0.5, 0.6) is 0 Å². The van der Waals surface area contributed by atoms with Gasteiger partial charge in [0.1, 0.15) is 11.9 Å². The number of fused-ring (bicyclic) bond motifs is 1. The number of piperidine rings is 3. The van der Waals surface area contributed by atoms with E-state index in [0.29, 0.717) is 30.4 Å². The number of pyridine rings is 1. The van der Waals surface area contributed by atoms with E-state index >= 15 is 4.39 Å². The van der Waals surface area contributed by atoms with Crippen molar-refractivity contribution < 1.29 is 36.7 Å². The number of likely N-dealkylation sites (tertiary alicyclic amines) is 1. The van der Waals surface area contributed by atoms with Crippen molar-refractivity contribution >= 4 is 40.8 Å². The third-order valence-electron chi connectivity index (χ3n) is 14.6. The first-order valence-electron chi connectivity index (χ1n) is 24.0. The first-order valence-corrected chi connectivity index (χ1v) is 24.0. The van der Waals surface area contributed by atoms with Crippen LogP contribution in [0.2, 0.25) is 0 Å². The highest BCUT2D eigenvalue weighted by Crippen LogP contribution is 2.34. The molecule has 1 aromatic carbocycles. The van der Waals surface area contributed by atoms with Crippen molar-refractivity contribution in [3.05, 3.63) is 71.6 Å². The highest BCUT2D eigenvalue weighted by atomic mass is 19.4. The molecule has 0 spiro atoms. The van der Waals surface area contributed by atoms with Crippen molar-refractivity contribution in [3.63, 3.8) is 0 Å². The lowest BCUT2D eigenvalue weighted by molar-refractivity contribution is -0.137. The van der Waals surface area contributed by atoms with Gasteiger partial charge in [0.15, 0.2) is 5.67 Å². The summed E-state index contributed by atoms with van der Waals surface area (Å²) in [5, 5.41) is 13.8. The average molecular weight is 931 g/mol. The van der Waals surface area contributed by atoms with Crippen LogP contribution < -0.4 is 20.4 Å². The maximum atomic E-state index is 15.9. The molecule has 14 nitrogen and oxygen atoms in total. The number of nitriles is 1. The molecule has 6 aliphatic heterocycles. The Morgan fingerprint density at radius 1 is 0.866 bits per heavy atom. The number of carbonyl (C=O) groups excluding carboxylic acids is 4. The number of rotatable bonds is 13. The summed E-state index contributed by atoms with van der Waals surface area (Å²) in [7, 11) is 0. The van der Waals surface area contributed by atoms with Gasteiger partial charge in [0.05, 0.1) is 30.8 Å². The van der Waals surface area contributed by atoms with Crippen LogP contribution in [-0.2, 0) is 20.9 Å². The number of anilines is 3. The van der Waals surface area contributed by atoms with Crippen molar-refractivity contribution in [2.45, 2.75) is 95.1 Å². The summed E-state index contributed by atoms with van der Waals surface area (Å²) in [5.74, 6) is -0.147. The third kappa shape index (κ3) is 12.1. The lowest BCUT2D eigenvalue weighted by atomic mass is 9.92. The average Bonchev–Trinajstić information content (AvgIpc) is 3.46. The highest BCUT2D eigenvalue weighted by Gasteiger charge is 2.43. The normalized spacial score (nSPS) is 23.9. The maximum Gasteiger partial charge on any atom is 0.392 e. The predicted octanol–water partition coefficient (Wildman–Crippen LogP) is 6.03. The van der Waals surface area contributed by atoms with Gasteiger partial charge < -0.3 is 34.7 Å². The van der Waals surface area contributed by atoms with E-state index in [0.717, 1.165) is 121 Å². The lowest BCUT2D eigenvalue weighted by Gasteiger charge is -2.40. The van der Waals surface area contributed by atoms with E-state index in [9.17, 15) is 32.3 Å². The molecular weight excluding hydrogens is 869 g/mol. The summed E-state index contributed by atoms with van der Waals surface area (Å²) in [6, 6.07) is 10.9. The molecule has 0 radical (unpaired) electrons. The molecule has 2 aromatic rings. The number of hydrogen-bond donors (Lipinski definition) is 2. The molecule has 0 bridgehead atoms. The van der Waals surface area contributed by atoms with E-state index in [-0.39, 0.29) is 68.0 Å². The minimum absolute atomic E-state index is 0.0333. The molecule has 2 N–H and O–H groups in total. The van der Waals surface area contributed by atoms with Gasteiger partial charge in [-0.25, -0.2) is 9.37 Å². The van der Waals surface area contributed by atoms with Crippen LogP contribution in [0.1, 0.15) is 86.6 Å². The van der Waals surface area contributed by atoms with E-state index in [2.05, 4.69) is 41.3 Å². The smallest absolute Gasteiger partial charge is 0.372 e. The Kier molecular flexibility index (Phi) is 15.2. The molecule has 360 valence electrons. The van der Waals surface area contributed by atoms with Crippen LogP contribution in [0.4, 0.5) is 34.8 Å². The Morgan fingerprint density at radius 3 is 2.15 bits per heavy atom. The maximum absolute atomic E-state index is 15.9. The Balaban J connectivity index is 0.726. The van der Waals surface area contributed by atoms with E-state index in [1.807, 2.05) is 24.3 Å². The summed E-state index contributed by atoms with van der Waals surface area (Å²) in [4.78, 5) is 68.1. The number of aromatic nitrogens is 1. The summed E-state index contributed by atoms with van der Waals surface area (Å²) in [6.45, 7) is 10.7. The zero-order valence-electron chi connectivity index (χ0n) is 38.1. The van der Waals surface area contributed by atoms with Crippen molar-refractivity contribution in [1.82, 2.24) is 29.9 Å². The Bertz CT molecular complexity index is 2210. The van der Waals surface area contributed by atoms with Gasteiger partial charge in [0.2, 0.25) is 11.8 Å². The quantitative estimate of drug-likeness (QED) is 0.138. The number of imide groups is 1. The molecule has 7 heterocycles. The van der Waals surface area contributed by atoms with Crippen molar-refractivity contribution in [3.8, 4) is 6.07 Å². The molecule has 18 heteroatoms. The minimum Gasteiger partial charge on any atom is -0.372 e. The van der Waals surface area contributed by atoms with Crippen molar-refractivity contribution in [2.75, 3.05) is 93.7 Å². The first kappa shape index (κ1) is 47.9. The molecule has 0 saturated carbocycles. The van der Waals surface area contributed by atoms with Crippen LogP contribution >= 0.6 is 0 Å². The van der Waals surface area contributed by atoms with Gasteiger partial charge in [-0.15, -0.1) is 0 Å². The zero-order valence-corrected chi connectivity index (χ0v) is 38.1. The van der Waals surface area contributed by atoms with Gasteiger partial charge in [-0.05, 0) is 92.3 Å². The second-order valence-corrected chi connectivity index (χ2v) is 19.1. The summed E-state index contributed by atoms with van der Waals surface area (Å²) >= 11 is 0. The number of allylic oxidation sites excluding steroid dienone is 3. The molecule has 67 heavy (non-hydrogen) atoms. The standard InChI is InChI=1S/C49H62F4N10O4/c50-48(17-24-62(25-18-48)38(5-1-2-19-54)12-16-49(51,52)53)47(67)56-43-10-7-40(31-55-43)60-20-3-4-35(13-21-60)32-58-26-28-59(29-27-58)33-36-14-22-61(23-15-36)39-6-8-41-37(30-39)34-63(46(41)66)42-9-11-44(64)57-45(42)65/h1,5-8,10,12,30-31,35-36,42H,2-4,9,11,13-18,20-29,32-34H2,(H,55,56,67)(H,57,64,65)/b5-1-,38-12+.